The van der Waals surface area contributed by atoms with Crippen molar-refractivity contribution in [3.8, 4) is 11.5 Å². The van der Waals surface area contributed by atoms with Crippen LogP contribution in [-0.4, -0.2) is 23.9 Å². The molecule has 0 spiro atoms. The summed E-state index contributed by atoms with van der Waals surface area (Å²) in [4.78, 5) is 38.4. The van der Waals surface area contributed by atoms with Crippen molar-refractivity contribution in [2.75, 3.05) is 10.6 Å². The summed E-state index contributed by atoms with van der Waals surface area (Å²) >= 11 is 1.41. The minimum atomic E-state index is -1.02. The highest BCUT2D eigenvalue weighted by atomic mass is 32.1. The number of fused-ring (bicyclic) bond motifs is 1. The normalized spacial score (nSPS) is 13.4. The maximum absolute atomic E-state index is 13.0. The summed E-state index contributed by atoms with van der Waals surface area (Å²) in [6.45, 7) is 2.93. The fraction of sp³-hybridized carbons (Fsp3) is 0.269. The van der Waals surface area contributed by atoms with E-state index in [9.17, 15) is 14.4 Å². The molecule has 1 aliphatic rings. The quantitative estimate of drug-likeness (QED) is 0.434. The first kappa shape index (κ1) is 23.5. The molecule has 8 heteroatoms. The Kier molecular flexibility index (Phi) is 7.27. The second kappa shape index (κ2) is 10.5. The predicted molar refractivity (Wildman–Crippen MR) is 132 cm³/mol. The van der Waals surface area contributed by atoms with Crippen LogP contribution in [0, 0.1) is 0 Å². The van der Waals surface area contributed by atoms with E-state index in [1.165, 1.54) is 25.2 Å². The first-order valence-electron chi connectivity index (χ1n) is 11.2. The molecule has 1 heterocycles. The van der Waals surface area contributed by atoms with Gasteiger partial charge >= 0.3 is 5.97 Å². The first-order chi connectivity index (χ1) is 16.4. The molecule has 0 unspecified atom stereocenters. The van der Waals surface area contributed by atoms with E-state index in [1.54, 1.807) is 24.3 Å². The van der Waals surface area contributed by atoms with Crippen LogP contribution in [0.3, 0.4) is 0 Å². The van der Waals surface area contributed by atoms with Crippen molar-refractivity contribution in [1.82, 2.24) is 0 Å². The van der Waals surface area contributed by atoms with Gasteiger partial charge < -0.3 is 20.1 Å². The van der Waals surface area contributed by atoms with Crippen LogP contribution in [0.1, 0.15) is 47.5 Å². The van der Waals surface area contributed by atoms with E-state index in [1.807, 2.05) is 30.3 Å². The molecule has 0 bridgehead atoms. The zero-order chi connectivity index (χ0) is 24.1. The Morgan fingerprint density at radius 1 is 0.912 bits per heavy atom. The zero-order valence-electron chi connectivity index (χ0n) is 19.1. The zero-order valence-corrected chi connectivity index (χ0v) is 19.9. The molecule has 7 nitrogen and oxygen atoms in total. The van der Waals surface area contributed by atoms with Crippen LogP contribution in [0.5, 0.6) is 11.5 Å². The molecule has 2 amide bonds. The number of esters is 1. The highest BCUT2D eigenvalue weighted by molar-refractivity contribution is 7.17. The van der Waals surface area contributed by atoms with Crippen LogP contribution in [0.2, 0.25) is 0 Å². The van der Waals surface area contributed by atoms with Crippen molar-refractivity contribution in [2.24, 2.45) is 0 Å². The summed E-state index contributed by atoms with van der Waals surface area (Å²) in [7, 11) is 0. The fourth-order valence-electron chi connectivity index (χ4n) is 3.78. The molecule has 0 aliphatic heterocycles. The topological polar surface area (TPSA) is 93.7 Å². The number of aryl methyl sites for hydroxylation is 1. The van der Waals surface area contributed by atoms with Gasteiger partial charge in [0.2, 0.25) is 5.91 Å². The molecular formula is C26H26N2O5S. The number of hydrogen-bond acceptors (Lipinski definition) is 6. The van der Waals surface area contributed by atoms with Gasteiger partial charge in [0.25, 0.3) is 5.91 Å². The Morgan fingerprint density at radius 3 is 2.29 bits per heavy atom. The second-order valence-electron chi connectivity index (χ2n) is 8.07. The molecule has 3 aromatic rings. The van der Waals surface area contributed by atoms with Crippen LogP contribution in [-0.2, 0) is 27.2 Å². The Labute approximate surface area is 202 Å². The molecule has 0 radical (unpaired) electrons. The molecule has 1 aromatic heterocycles. The first-order valence-corrected chi connectivity index (χ1v) is 12.0. The third-order valence-corrected chi connectivity index (χ3v) is 6.63. The lowest BCUT2D eigenvalue weighted by atomic mass is 9.95. The van der Waals surface area contributed by atoms with Crippen molar-refractivity contribution in [1.29, 1.82) is 0 Å². The number of ether oxygens (including phenoxy) is 2. The smallest absolute Gasteiger partial charge is 0.342 e. The number of anilines is 2. The van der Waals surface area contributed by atoms with Gasteiger partial charge in [0.1, 0.15) is 16.5 Å². The summed E-state index contributed by atoms with van der Waals surface area (Å²) in [5, 5.41) is 5.99. The van der Waals surface area contributed by atoms with E-state index < -0.39 is 18.0 Å². The molecule has 1 atom stereocenters. The van der Waals surface area contributed by atoms with E-state index in [4.69, 9.17) is 9.47 Å². The molecule has 0 saturated carbocycles. The van der Waals surface area contributed by atoms with Gasteiger partial charge in [-0.1, -0.05) is 18.2 Å². The van der Waals surface area contributed by atoms with Crippen molar-refractivity contribution in [2.45, 2.75) is 45.6 Å². The van der Waals surface area contributed by atoms with Crippen molar-refractivity contribution in [3.05, 3.63) is 70.6 Å². The van der Waals surface area contributed by atoms with E-state index >= 15 is 0 Å². The van der Waals surface area contributed by atoms with Gasteiger partial charge in [0.15, 0.2) is 6.10 Å². The molecule has 1 aliphatic carbocycles. The van der Waals surface area contributed by atoms with Gasteiger partial charge in [-0.25, -0.2) is 4.79 Å². The maximum atomic E-state index is 13.0. The number of amides is 2. The molecule has 34 heavy (non-hydrogen) atoms. The Balaban J connectivity index is 1.39. The second-order valence-corrected chi connectivity index (χ2v) is 9.18. The van der Waals surface area contributed by atoms with Gasteiger partial charge in [-0.15, -0.1) is 11.3 Å². The number of thiophene rings is 1. The average Bonchev–Trinajstić information content (AvgIpc) is 3.18. The number of hydrogen-bond donors (Lipinski definition) is 2. The minimum absolute atomic E-state index is 0.252. The summed E-state index contributed by atoms with van der Waals surface area (Å²) in [5.41, 5.74) is 1.85. The predicted octanol–water partition coefficient (Wildman–Crippen LogP) is 5.56. The number of benzene rings is 2. The lowest BCUT2D eigenvalue weighted by molar-refractivity contribution is -0.123. The number of nitrogens with one attached hydrogen (secondary N) is 2. The molecule has 4 rings (SSSR count). The fourth-order valence-corrected chi connectivity index (χ4v) is 5.10. The van der Waals surface area contributed by atoms with E-state index in [2.05, 4.69) is 10.6 Å². The Bertz CT molecular complexity index is 1190. The number of rotatable bonds is 7. The van der Waals surface area contributed by atoms with E-state index in [-0.39, 0.29) is 5.91 Å². The summed E-state index contributed by atoms with van der Waals surface area (Å²) in [6.07, 6.45) is 2.64. The molecular weight excluding hydrogens is 452 g/mol. The monoisotopic (exact) mass is 478 g/mol. The largest absolute Gasteiger partial charge is 0.457 e. The number of para-hydroxylation sites is 1. The summed E-state index contributed by atoms with van der Waals surface area (Å²) < 4.78 is 11.3. The third-order valence-electron chi connectivity index (χ3n) is 5.42. The molecule has 0 fully saturated rings. The van der Waals surface area contributed by atoms with E-state index in [0.717, 1.165) is 36.1 Å². The van der Waals surface area contributed by atoms with Gasteiger partial charge in [-0.3, -0.25) is 9.59 Å². The Hall–Kier alpha value is -3.65. The highest BCUT2D eigenvalue weighted by Crippen LogP contribution is 2.38. The van der Waals surface area contributed by atoms with Crippen molar-refractivity contribution >= 4 is 39.8 Å². The molecule has 0 saturated heterocycles. The SMILES string of the molecule is CC(=O)Nc1sc2c(c1C(=O)O[C@@H](C)C(=O)Nc1ccc(Oc3ccccc3)cc1)CCCC2. The lowest BCUT2D eigenvalue weighted by Crippen LogP contribution is -2.30. The van der Waals surface area contributed by atoms with Crippen LogP contribution in [0.4, 0.5) is 10.7 Å². The summed E-state index contributed by atoms with van der Waals surface area (Å²) in [6, 6.07) is 16.3. The standard InChI is InChI=1S/C26H26N2O5S/c1-16(24(30)28-18-12-14-20(15-13-18)33-19-8-4-3-5-9-19)32-26(31)23-21-10-6-7-11-22(21)34-25(23)27-17(2)29/h3-5,8-9,12-16H,6-7,10-11H2,1-2H3,(H,27,29)(H,28,30)/t16-/m0/s1. The summed E-state index contributed by atoms with van der Waals surface area (Å²) in [5.74, 6) is 0.0521. The molecule has 176 valence electrons. The average molecular weight is 479 g/mol. The van der Waals surface area contributed by atoms with Crippen LogP contribution < -0.4 is 15.4 Å². The minimum Gasteiger partial charge on any atom is -0.457 e. The van der Waals surface area contributed by atoms with Gasteiger partial charge in [0.05, 0.1) is 5.56 Å². The van der Waals surface area contributed by atoms with Crippen molar-refractivity contribution < 1.29 is 23.9 Å². The van der Waals surface area contributed by atoms with Gasteiger partial charge in [-0.2, -0.15) is 0 Å². The van der Waals surface area contributed by atoms with Gasteiger partial charge in [0, 0.05) is 17.5 Å². The van der Waals surface area contributed by atoms with Crippen LogP contribution >= 0.6 is 11.3 Å². The maximum Gasteiger partial charge on any atom is 0.342 e. The number of carbonyl (C=O) groups excluding carboxylic acids is 3. The van der Waals surface area contributed by atoms with E-state index in [0.29, 0.717) is 27.8 Å². The van der Waals surface area contributed by atoms with Crippen molar-refractivity contribution in [3.63, 3.8) is 0 Å². The highest BCUT2D eigenvalue weighted by Gasteiger charge is 2.29. The van der Waals surface area contributed by atoms with Crippen LogP contribution in [0.15, 0.2) is 54.6 Å². The molecule has 2 aromatic carbocycles. The lowest BCUT2D eigenvalue weighted by Gasteiger charge is -2.16. The molecule has 2 N–H and O–H groups in total. The number of carbonyl (C=O) groups is 3. The third kappa shape index (κ3) is 5.63. The Morgan fingerprint density at radius 2 is 1.59 bits per heavy atom. The van der Waals surface area contributed by atoms with Gasteiger partial charge in [-0.05, 0) is 74.6 Å². The van der Waals surface area contributed by atoms with Crippen LogP contribution in [0.25, 0.3) is 0 Å².